The van der Waals surface area contributed by atoms with E-state index in [1.165, 1.54) is 0 Å². The zero-order chi connectivity index (χ0) is 16.2. The minimum atomic E-state index is -0.118. The Morgan fingerprint density at radius 3 is 2.96 bits per heavy atom. The van der Waals surface area contributed by atoms with Gasteiger partial charge in [-0.3, -0.25) is 4.79 Å². The zero-order valence-electron chi connectivity index (χ0n) is 13.5. The number of fused-ring (bicyclic) bond motifs is 1. The van der Waals surface area contributed by atoms with Crippen molar-refractivity contribution in [2.45, 2.75) is 33.2 Å². The molecule has 0 bridgehead atoms. The van der Waals surface area contributed by atoms with Gasteiger partial charge in [0.25, 0.3) is 5.91 Å². The highest BCUT2D eigenvalue weighted by atomic mass is 16.1. The van der Waals surface area contributed by atoms with Crippen molar-refractivity contribution < 1.29 is 4.79 Å². The molecule has 0 saturated carbocycles. The number of nitrogens with zero attached hydrogens (tertiary/aromatic N) is 4. The molecule has 0 fully saturated rings. The quantitative estimate of drug-likeness (QED) is 0.710. The Hall–Kier alpha value is -2.63. The van der Waals surface area contributed by atoms with Gasteiger partial charge in [-0.25, -0.2) is 9.97 Å². The number of hydrogen-bond donors (Lipinski definition) is 1. The Kier molecular flexibility index (Phi) is 4.41. The summed E-state index contributed by atoms with van der Waals surface area (Å²) in [5.41, 5.74) is 2.15. The number of hydrogen-bond acceptors (Lipinski definition) is 3. The van der Waals surface area contributed by atoms with Crippen LogP contribution in [0, 0.1) is 6.92 Å². The Balaban J connectivity index is 1.57. The molecule has 6 nitrogen and oxygen atoms in total. The molecule has 120 valence electrons. The number of pyridine rings is 1. The summed E-state index contributed by atoms with van der Waals surface area (Å²) in [7, 11) is 0. The van der Waals surface area contributed by atoms with E-state index in [1.807, 2.05) is 48.1 Å². The van der Waals surface area contributed by atoms with Gasteiger partial charge in [0, 0.05) is 38.1 Å². The number of carbonyl (C=O) groups excluding carboxylic acids is 1. The summed E-state index contributed by atoms with van der Waals surface area (Å²) in [6, 6.07) is 5.74. The second kappa shape index (κ2) is 6.64. The zero-order valence-corrected chi connectivity index (χ0v) is 13.5. The molecule has 3 aromatic heterocycles. The van der Waals surface area contributed by atoms with Crippen molar-refractivity contribution in [1.82, 2.24) is 24.3 Å². The summed E-state index contributed by atoms with van der Waals surface area (Å²) in [6.45, 7) is 5.47. The molecule has 3 aromatic rings. The number of carbonyl (C=O) groups is 1. The molecule has 0 aliphatic rings. The van der Waals surface area contributed by atoms with Gasteiger partial charge < -0.3 is 14.3 Å². The van der Waals surface area contributed by atoms with E-state index in [-0.39, 0.29) is 5.91 Å². The highest BCUT2D eigenvalue weighted by molar-refractivity contribution is 5.94. The highest BCUT2D eigenvalue weighted by Crippen LogP contribution is 2.11. The van der Waals surface area contributed by atoms with Crippen molar-refractivity contribution in [2.75, 3.05) is 6.54 Å². The summed E-state index contributed by atoms with van der Waals surface area (Å²) < 4.78 is 4.05. The van der Waals surface area contributed by atoms with Gasteiger partial charge in [-0.15, -0.1) is 0 Å². The van der Waals surface area contributed by atoms with Crippen molar-refractivity contribution in [3.63, 3.8) is 0 Å². The molecule has 23 heavy (non-hydrogen) atoms. The van der Waals surface area contributed by atoms with Gasteiger partial charge in [-0.1, -0.05) is 13.0 Å². The van der Waals surface area contributed by atoms with Gasteiger partial charge in [0.2, 0.25) is 0 Å². The first kappa shape index (κ1) is 15.3. The largest absolute Gasteiger partial charge is 0.351 e. The number of rotatable bonds is 6. The van der Waals surface area contributed by atoms with Crippen molar-refractivity contribution in [1.29, 1.82) is 0 Å². The topological polar surface area (TPSA) is 64.2 Å². The number of aromatic nitrogens is 4. The lowest BCUT2D eigenvalue weighted by Gasteiger charge is -2.07. The lowest BCUT2D eigenvalue weighted by Crippen LogP contribution is -2.26. The molecule has 0 radical (unpaired) electrons. The molecule has 0 unspecified atom stereocenters. The van der Waals surface area contributed by atoms with Crippen molar-refractivity contribution in [3.05, 3.63) is 54.0 Å². The van der Waals surface area contributed by atoms with E-state index in [1.54, 1.807) is 0 Å². The van der Waals surface area contributed by atoms with E-state index in [0.29, 0.717) is 12.2 Å². The molecule has 3 rings (SSSR count). The average molecular weight is 311 g/mol. The fourth-order valence-electron chi connectivity index (χ4n) is 2.73. The molecular formula is C17H21N5O. The van der Waals surface area contributed by atoms with E-state index in [2.05, 4.69) is 26.8 Å². The highest BCUT2D eigenvalue weighted by Gasteiger charge is 2.14. The normalized spacial score (nSPS) is 11.0. The molecule has 1 amide bonds. The van der Waals surface area contributed by atoms with Crippen LogP contribution in [0.2, 0.25) is 0 Å². The monoisotopic (exact) mass is 311 g/mol. The average Bonchev–Trinajstić information content (AvgIpc) is 3.16. The first-order valence-corrected chi connectivity index (χ1v) is 7.92. The Labute approximate surface area is 135 Å². The summed E-state index contributed by atoms with van der Waals surface area (Å²) in [5, 5.41) is 2.95. The second-order valence-electron chi connectivity index (χ2n) is 5.47. The molecule has 0 aromatic carbocycles. The Morgan fingerprint density at radius 1 is 1.30 bits per heavy atom. The second-order valence-corrected chi connectivity index (χ2v) is 5.47. The summed E-state index contributed by atoms with van der Waals surface area (Å²) in [6.07, 6.45) is 7.49. The molecule has 0 aliphatic carbocycles. The van der Waals surface area contributed by atoms with Gasteiger partial charge in [0.05, 0.1) is 5.69 Å². The van der Waals surface area contributed by atoms with Gasteiger partial charge in [0.15, 0.2) is 0 Å². The Morgan fingerprint density at radius 2 is 2.17 bits per heavy atom. The summed E-state index contributed by atoms with van der Waals surface area (Å²) in [4.78, 5) is 21.0. The maximum absolute atomic E-state index is 12.3. The minimum absolute atomic E-state index is 0.118. The molecule has 1 N–H and O–H groups in total. The van der Waals surface area contributed by atoms with Crippen LogP contribution in [0.1, 0.15) is 35.4 Å². The third-order valence-corrected chi connectivity index (χ3v) is 3.96. The number of nitrogens with one attached hydrogen (secondary N) is 1. The van der Waals surface area contributed by atoms with Gasteiger partial charge in [0.1, 0.15) is 17.2 Å². The number of amides is 1. The predicted molar refractivity (Wildman–Crippen MR) is 88.5 cm³/mol. The SMILES string of the molecule is CCc1nccn1CCCNC(=O)c1nc2ccccn2c1C. The minimum Gasteiger partial charge on any atom is -0.351 e. The predicted octanol–water partition coefficient (Wildman–Crippen LogP) is 2.22. The van der Waals surface area contributed by atoms with Crippen LogP contribution < -0.4 is 5.32 Å². The molecule has 0 spiro atoms. The van der Waals surface area contributed by atoms with Crippen LogP contribution in [0.4, 0.5) is 0 Å². The molecule has 0 saturated heterocycles. The van der Waals surface area contributed by atoms with E-state index in [9.17, 15) is 4.79 Å². The van der Waals surface area contributed by atoms with Gasteiger partial charge in [-0.2, -0.15) is 0 Å². The lowest BCUT2D eigenvalue weighted by molar-refractivity contribution is 0.0947. The van der Waals surface area contributed by atoms with E-state index >= 15 is 0 Å². The van der Waals surface area contributed by atoms with E-state index < -0.39 is 0 Å². The van der Waals surface area contributed by atoms with Crippen LogP contribution in [-0.4, -0.2) is 31.4 Å². The third kappa shape index (κ3) is 3.11. The fraction of sp³-hybridized carbons (Fsp3) is 0.353. The van der Waals surface area contributed by atoms with Crippen LogP contribution in [0.5, 0.6) is 0 Å². The smallest absolute Gasteiger partial charge is 0.271 e. The molecule has 6 heteroatoms. The van der Waals surface area contributed by atoms with Crippen LogP contribution in [0.25, 0.3) is 5.65 Å². The fourth-order valence-corrected chi connectivity index (χ4v) is 2.73. The first-order valence-electron chi connectivity index (χ1n) is 7.92. The lowest BCUT2D eigenvalue weighted by atomic mass is 10.3. The number of aryl methyl sites for hydroxylation is 3. The Bertz CT molecular complexity index is 817. The van der Waals surface area contributed by atoms with Crippen LogP contribution >= 0.6 is 0 Å². The molecule has 0 aliphatic heterocycles. The van der Waals surface area contributed by atoms with Crippen LogP contribution in [-0.2, 0) is 13.0 Å². The molecule has 3 heterocycles. The maximum Gasteiger partial charge on any atom is 0.271 e. The van der Waals surface area contributed by atoms with Crippen molar-refractivity contribution in [3.8, 4) is 0 Å². The maximum atomic E-state index is 12.3. The molecule has 0 atom stereocenters. The van der Waals surface area contributed by atoms with Crippen LogP contribution in [0.15, 0.2) is 36.8 Å². The molecular weight excluding hydrogens is 290 g/mol. The number of imidazole rings is 2. The van der Waals surface area contributed by atoms with Gasteiger partial charge in [-0.05, 0) is 25.5 Å². The first-order chi connectivity index (χ1) is 11.2. The third-order valence-electron chi connectivity index (χ3n) is 3.96. The van der Waals surface area contributed by atoms with E-state index in [0.717, 1.165) is 36.6 Å². The van der Waals surface area contributed by atoms with Crippen molar-refractivity contribution in [2.24, 2.45) is 0 Å². The van der Waals surface area contributed by atoms with Gasteiger partial charge >= 0.3 is 0 Å². The van der Waals surface area contributed by atoms with Crippen LogP contribution in [0.3, 0.4) is 0 Å². The van der Waals surface area contributed by atoms with E-state index in [4.69, 9.17) is 0 Å². The van der Waals surface area contributed by atoms with Crippen molar-refractivity contribution >= 4 is 11.6 Å². The summed E-state index contributed by atoms with van der Waals surface area (Å²) >= 11 is 0. The standard InChI is InChI=1S/C17H21N5O/c1-3-14-18-9-12-21(14)10-6-8-19-17(23)16-13(2)22-11-5-4-7-15(22)20-16/h4-5,7,9,11-12H,3,6,8,10H2,1-2H3,(H,19,23). The summed E-state index contributed by atoms with van der Waals surface area (Å²) in [5.74, 6) is 0.958.